The zero-order chi connectivity index (χ0) is 18.4. The van der Waals surface area contributed by atoms with Gasteiger partial charge in [0.25, 0.3) is 5.91 Å². The molecule has 142 valence electrons. The Hall–Kier alpha value is -1.37. The number of amides is 1. The molecule has 1 aromatic carbocycles. The summed E-state index contributed by atoms with van der Waals surface area (Å²) < 4.78 is 12.7. The van der Waals surface area contributed by atoms with Gasteiger partial charge in [-0.1, -0.05) is 28.1 Å². The van der Waals surface area contributed by atoms with E-state index in [0.29, 0.717) is 37.7 Å². The number of allylic oxidation sites excluding steroid dienone is 1. The summed E-state index contributed by atoms with van der Waals surface area (Å²) in [6.45, 7) is 1.38. The molecular weight excluding hydrogens is 398 g/mol. The number of unbranched alkanes of at least 4 members (excludes halogenated alkanes) is 1. The fourth-order valence-electron chi connectivity index (χ4n) is 2.94. The number of hydrogen-bond donors (Lipinski definition) is 2. The van der Waals surface area contributed by atoms with Crippen molar-refractivity contribution in [2.24, 2.45) is 5.92 Å². The first-order chi connectivity index (χ1) is 12.7. The van der Waals surface area contributed by atoms with Gasteiger partial charge in [0, 0.05) is 30.0 Å². The first-order valence-corrected chi connectivity index (χ1v) is 10.1. The molecule has 1 fully saturated rings. The van der Waals surface area contributed by atoms with Gasteiger partial charge >= 0.3 is 0 Å². The topological polar surface area (TPSA) is 67.8 Å². The van der Waals surface area contributed by atoms with E-state index in [1.165, 1.54) is 12.8 Å². The first-order valence-electron chi connectivity index (χ1n) is 9.30. The van der Waals surface area contributed by atoms with Gasteiger partial charge in [-0.15, -0.1) is 0 Å². The number of halogens is 1. The molecule has 0 spiro atoms. The van der Waals surface area contributed by atoms with Crippen molar-refractivity contribution in [1.82, 2.24) is 5.32 Å². The van der Waals surface area contributed by atoms with E-state index in [1.54, 1.807) is 0 Å². The Morgan fingerprint density at radius 3 is 2.73 bits per heavy atom. The monoisotopic (exact) mass is 423 g/mol. The fourth-order valence-corrected chi connectivity index (χ4v) is 3.20. The van der Waals surface area contributed by atoms with E-state index in [1.807, 2.05) is 18.2 Å². The number of nitrogens with one attached hydrogen (secondary N) is 1. The highest BCUT2D eigenvalue weighted by molar-refractivity contribution is 9.10. The van der Waals surface area contributed by atoms with Crippen LogP contribution in [0.15, 0.2) is 40.6 Å². The lowest BCUT2D eigenvalue weighted by Gasteiger charge is -2.29. The molecule has 1 aliphatic heterocycles. The number of carbonyl (C=O) groups excluding carboxylic acids is 1. The predicted molar refractivity (Wildman–Crippen MR) is 102 cm³/mol. The van der Waals surface area contributed by atoms with Crippen LogP contribution in [0, 0.1) is 5.92 Å². The van der Waals surface area contributed by atoms with Crippen molar-refractivity contribution < 1.29 is 19.4 Å². The Labute approximate surface area is 162 Å². The Kier molecular flexibility index (Phi) is 7.11. The third-order valence-electron chi connectivity index (χ3n) is 4.68. The minimum absolute atomic E-state index is 0.0707. The van der Waals surface area contributed by atoms with Gasteiger partial charge < -0.3 is 19.9 Å². The molecule has 1 heterocycles. The van der Waals surface area contributed by atoms with Crippen molar-refractivity contribution in [3.05, 3.63) is 46.1 Å². The lowest BCUT2D eigenvalue weighted by Crippen LogP contribution is -2.34. The van der Waals surface area contributed by atoms with Gasteiger partial charge in [0.05, 0.1) is 6.61 Å². The molecule has 2 aliphatic rings. The normalized spacial score (nSPS) is 22.5. The van der Waals surface area contributed by atoms with Crippen molar-refractivity contribution in [2.45, 2.75) is 44.3 Å². The molecule has 3 rings (SSSR count). The molecule has 2 atom stereocenters. The van der Waals surface area contributed by atoms with E-state index in [-0.39, 0.29) is 18.4 Å². The van der Waals surface area contributed by atoms with Crippen LogP contribution in [-0.2, 0) is 14.3 Å². The highest BCUT2D eigenvalue weighted by atomic mass is 79.9. The van der Waals surface area contributed by atoms with Gasteiger partial charge in [-0.05, 0) is 55.4 Å². The molecule has 1 aliphatic carbocycles. The number of aliphatic hydroxyl groups excluding tert-OH is 1. The summed E-state index contributed by atoms with van der Waals surface area (Å²) in [6, 6.07) is 8.11. The number of ether oxygens (including phenoxy) is 2. The molecule has 0 aromatic heterocycles. The van der Waals surface area contributed by atoms with Crippen LogP contribution >= 0.6 is 15.9 Å². The van der Waals surface area contributed by atoms with Crippen LogP contribution in [0.1, 0.15) is 43.6 Å². The van der Waals surface area contributed by atoms with Crippen molar-refractivity contribution in [3.63, 3.8) is 0 Å². The molecule has 5 nitrogen and oxygen atoms in total. The maximum atomic E-state index is 12.5. The van der Waals surface area contributed by atoms with Gasteiger partial charge in [-0.25, -0.2) is 0 Å². The maximum Gasteiger partial charge on any atom is 0.286 e. The molecule has 1 saturated carbocycles. The second kappa shape index (κ2) is 9.53. The maximum absolute atomic E-state index is 12.5. The van der Waals surface area contributed by atoms with Crippen LogP contribution < -0.4 is 5.32 Å². The summed E-state index contributed by atoms with van der Waals surface area (Å²) in [4.78, 5) is 12.5. The van der Waals surface area contributed by atoms with Crippen LogP contribution in [0.5, 0.6) is 0 Å². The molecule has 1 amide bonds. The van der Waals surface area contributed by atoms with Crippen molar-refractivity contribution in [3.8, 4) is 0 Å². The second-order valence-corrected chi connectivity index (χ2v) is 7.84. The van der Waals surface area contributed by atoms with Gasteiger partial charge in [0.15, 0.2) is 5.76 Å². The zero-order valence-electron chi connectivity index (χ0n) is 14.8. The number of benzene rings is 1. The summed E-state index contributed by atoms with van der Waals surface area (Å²) in [5.41, 5.74) is 1.13. The van der Waals surface area contributed by atoms with E-state index in [2.05, 4.69) is 33.4 Å². The zero-order valence-corrected chi connectivity index (χ0v) is 16.4. The highest BCUT2D eigenvalue weighted by Crippen LogP contribution is 2.32. The van der Waals surface area contributed by atoms with E-state index in [4.69, 9.17) is 14.6 Å². The fraction of sp³-hybridized carbons (Fsp3) is 0.550. The SMILES string of the molecule is O=C(NCC1CC1)C1=C[C@H](c2ccc(Br)cc2)C[C@H](OCCCCO)O1. The van der Waals surface area contributed by atoms with E-state index >= 15 is 0 Å². The second-order valence-electron chi connectivity index (χ2n) is 6.93. The molecule has 0 unspecified atom stereocenters. The Bertz CT molecular complexity index is 627. The van der Waals surface area contributed by atoms with E-state index in [9.17, 15) is 4.79 Å². The Morgan fingerprint density at radius 2 is 2.04 bits per heavy atom. The van der Waals surface area contributed by atoms with Crippen LogP contribution in [0.2, 0.25) is 0 Å². The molecule has 26 heavy (non-hydrogen) atoms. The highest BCUT2D eigenvalue weighted by Gasteiger charge is 2.29. The number of aliphatic hydroxyl groups is 1. The standard InChI is InChI=1S/C20H26BrNO4/c21-17-7-5-15(6-8-17)16-11-18(20(24)22-13-14-3-4-14)26-19(12-16)25-10-2-1-9-23/h5-8,11,14,16,19,23H,1-4,9-10,12-13H2,(H,22,24)/t16-,19+/m0/s1. The Balaban J connectivity index is 1.66. The van der Waals surface area contributed by atoms with Crippen LogP contribution in [-0.4, -0.2) is 37.1 Å². The summed E-state index contributed by atoms with van der Waals surface area (Å²) in [5, 5.41) is 11.9. The van der Waals surface area contributed by atoms with Crippen molar-refractivity contribution in [1.29, 1.82) is 0 Å². The quantitative estimate of drug-likeness (QED) is 0.596. The lowest BCUT2D eigenvalue weighted by molar-refractivity contribution is -0.146. The molecule has 2 N–H and O–H groups in total. The van der Waals surface area contributed by atoms with Crippen LogP contribution in [0.4, 0.5) is 0 Å². The van der Waals surface area contributed by atoms with Gasteiger partial charge in [0.1, 0.15) is 0 Å². The average Bonchev–Trinajstić information content (AvgIpc) is 3.48. The summed E-state index contributed by atoms with van der Waals surface area (Å²) in [6.07, 6.45) is 5.98. The third-order valence-corrected chi connectivity index (χ3v) is 5.21. The lowest BCUT2D eigenvalue weighted by atomic mass is 9.93. The Morgan fingerprint density at radius 1 is 1.27 bits per heavy atom. The largest absolute Gasteiger partial charge is 0.459 e. The molecule has 0 saturated heterocycles. The summed E-state index contributed by atoms with van der Waals surface area (Å²) in [7, 11) is 0. The smallest absolute Gasteiger partial charge is 0.286 e. The molecular formula is C20H26BrNO4. The summed E-state index contributed by atoms with van der Waals surface area (Å²) in [5.74, 6) is 0.872. The van der Waals surface area contributed by atoms with Crippen LogP contribution in [0.3, 0.4) is 0 Å². The van der Waals surface area contributed by atoms with Gasteiger partial charge in [0.2, 0.25) is 6.29 Å². The van der Waals surface area contributed by atoms with Crippen molar-refractivity contribution >= 4 is 21.8 Å². The number of hydrogen-bond acceptors (Lipinski definition) is 4. The third kappa shape index (κ3) is 5.83. The first kappa shape index (κ1) is 19.4. The van der Waals surface area contributed by atoms with Crippen LogP contribution in [0.25, 0.3) is 0 Å². The van der Waals surface area contributed by atoms with E-state index in [0.717, 1.165) is 16.5 Å². The van der Waals surface area contributed by atoms with Gasteiger partial charge in [-0.2, -0.15) is 0 Å². The molecule has 0 bridgehead atoms. The number of carbonyl (C=O) groups is 1. The predicted octanol–water partition coefficient (Wildman–Crippen LogP) is 3.48. The van der Waals surface area contributed by atoms with Crippen molar-refractivity contribution in [2.75, 3.05) is 19.8 Å². The number of rotatable bonds is 9. The summed E-state index contributed by atoms with van der Waals surface area (Å²) >= 11 is 3.46. The molecule has 6 heteroatoms. The van der Waals surface area contributed by atoms with Gasteiger partial charge in [-0.3, -0.25) is 4.79 Å². The minimum atomic E-state index is -0.450. The minimum Gasteiger partial charge on any atom is -0.459 e. The van der Waals surface area contributed by atoms with E-state index < -0.39 is 6.29 Å². The molecule has 0 radical (unpaired) electrons. The average molecular weight is 424 g/mol. The molecule has 1 aromatic rings.